The number of halogens is 1. The molecule has 0 radical (unpaired) electrons. The molecule has 16 heteroatoms. The lowest BCUT2D eigenvalue weighted by Gasteiger charge is -2.31. The van der Waals surface area contributed by atoms with Gasteiger partial charge < -0.3 is 29.7 Å². The van der Waals surface area contributed by atoms with Gasteiger partial charge in [-0.05, 0) is 39.8 Å². The van der Waals surface area contributed by atoms with Gasteiger partial charge >= 0.3 is 13.7 Å². The fourth-order valence-corrected chi connectivity index (χ4v) is 6.55. The van der Waals surface area contributed by atoms with Crippen LogP contribution in [0.4, 0.5) is 16.2 Å². The normalized spacial score (nSPS) is 29.1. The van der Waals surface area contributed by atoms with E-state index in [4.69, 9.17) is 24.3 Å². The predicted molar refractivity (Wildman–Crippen MR) is 146 cm³/mol. The fourth-order valence-electron chi connectivity index (χ4n) is 4.85. The summed E-state index contributed by atoms with van der Waals surface area (Å²) < 4.78 is 54.2. The smallest absolute Gasteiger partial charge is 0.459 e. The Morgan fingerprint density at radius 1 is 1.27 bits per heavy atom. The first-order valence-corrected chi connectivity index (χ1v) is 14.5. The minimum Gasteiger partial charge on any atom is -0.462 e. The molecule has 0 spiro atoms. The maximum Gasteiger partial charge on any atom is 0.459 e. The van der Waals surface area contributed by atoms with Crippen molar-refractivity contribution in [1.82, 2.24) is 24.6 Å². The molecule has 0 bridgehead atoms. The summed E-state index contributed by atoms with van der Waals surface area (Å²) in [6, 6.07) is 6.96. The maximum absolute atomic E-state index is 16.5. The summed E-state index contributed by atoms with van der Waals surface area (Å²) in [7, 11) is -0.906. The number of imidazole rings is 1. The van der Waals surface area contributed by atoms with Crippen molar-refractivity contribution in [3.8, 4) is 5.75 Å². The van der Waals surface area contributed by atoms with Gasteiger partial charge in [0.05, 0.1) is 12.4 Å². The van der Waals surface area contributed by atoms with Gasteiger partial charge in [0.2, 0.25) is 5.95 Å². The van der Waals surface area contributed by atoms with Crippen molar-refractivity contribution in [1.29, 1.82) is 0 Å². The van der Waals surface area contributed by atoms with Crippen molar-refractivity contribution in [3.05, 3.63) is 36.7 Å². The zero-order valence-corrected chi connectivity index (χ0v) is 24.3. The number of hydrogen-bond donors (Lipinski definition) is 3. The van der Waals surface area contributed by atoms with E-state index in [9.17, 15) is 14.5 Å². The van der Waals surface area contributed by atoms with Crippen LogP contribution in [-0.2, 0) is 23.4 Å². The summed E-state index contributed by atoms with van der Waals surface area (Å²) in [6.07, 6.45) is -3.12. The first-order chi connectivity index (χ1) is 19.2. The highest BCUT2D eigenvalue weighted by molar-refractivity contribution is 7.52. The maximum atomic E-state index is 16.5. The highest BCUT2D eigenvalue weighted by Gasteiger charge is 2.85. The molecule has 0 amide bonds. The van der Waals surface area contributed by atoms with Crippen molar-refractivity contribution in [2.45, 2.75) is 69.5 Å². The van der Waals surface area contributed by atoms with Crippen LogP contribution in [0.5, 0.6) is 5.75 Å². The summed E-state index contributed by atoms with van der Waals surface area (Å²) in [5.41, 5.74) is 1.74. The molecule has 4 N–H and O–H groups in total. The first kappa shape index (κ1) is 29.1. The summed E-state index contributed by atoms with van der Waals surface area (Å²) in [6.45, 7) is 5.90. The number of para-hydroxylation sites is 1. The van der Waals surface area contributed by atoms with Crippen LogP contribution >= 0.6 is 7.75 Å². The number of aliphatic hydroxyl groups is 1. The van der Waals surface area contributed by atoms with Crippen LogP contribution in [0.3, 0.4) is 0 Å². The van der Waals surface area contributed by atoms with Gasteiger partial charge in [0.1, 0.15) is 24.0 Å². The number of carbonyl (C=O) groups is 1. The number of esters is 1. The minimum absolute atomic E-state index is 0.0539. The average molecular weight is 594 g/mol. The van der Waals surface area contributed by atoms with Crippen molar-refractivity contribution in [2.24, 2.45) is 0 Å². The van der Waals surface area contributed by atoms with Gasteiger partial charge in [-0.3, -0.25) is 13.9 Å². The Hall–Kier alpha value is -3.36. The van der Waals surface area contributed by atoms with Crippen LogP contribution in [0.2, 0.25) is 0 Å². The Bertz CT molecular complexity index is 1500. The molecule has 1 aliphatic heterocycles. The van der Waals surface area contributed by atoms with Crippen LogP contribution < -0.4 is 20.2 Å². The molecular weight excluding hydrogens is 560 g/mol. The molecule has 3 heterocycles. The number of carbonyl (C=O) groups excluding carboxylic acids is 1. The highest BCUT2D eigenvalue weighted by atomic mass is 31.2. The van der Waals surface area contributed by atoms with E-state index < -0.39 is 55.6 Å². The van der Waals surface area contributed by atoms with E-state index in [0.717, 1.165) is 6.92 Å². The van der Waals surface area contributed by atoms with Crippen LogP contribution in [-0.4, -0.2) is 80.3 Å². The summed E-state index contributed by atoms with van der Waals surface area (Å²) in [5.74, 6) is -0.176. The van der Waals surface area contributed by atoms with Gasteiger partial charge in [0.15, 0.2) is 34.5 Å². The Labute approximate surface area is 235 Å². The lowest BCUT2D eigenvalue weighted by molar-refractivity contribution is -0.149. The Kier molecular flexibility index (Phi) is 7.23. The summed E-state index contributed by atoms with van der Waals surface area (Å²) in [4.78, 5) is 26.8. The number of rotatable bonds is 10. The number of fused-ring (bicyclic) bond motifs is 2. The Morgan fingerprint density at radius 2 is 1.95 bits per heavy atom. The molecule has 2 aromatic heterocycles. The van der Waals surface area contributed by atoms with Crippen molar-refractivity contribution in [3.63, 3.8) is 0 Å². The molecule has 7 atom stereocenters. The molecule has 1 aliphatic carbocycles. The molecule has 3 aromatic rings. The first-order valence-electron chi connectivity index (χ1n) is 12.9. The van der Waals surface area contributed by atoms with E-state index in [1.165, 1.54) is 30.0 Å². The zero-order chi connectivity index (χ0) is 29.9. The number of anilines is 2. The van der Waals surface area contributed by atoms with E-state index in [2.05, 4.69) is 20.0 Å². The molecular formula is C25H33FN7O7P. The lowest BCUT2D eigenvalue weighted by atomic mass is 9.97. The SMILES string of the molecule is CC(C)OC(=O)[C@@H](C)N[P@@](=O)(Oc1ccccc1)OC1[C@H]2O[C@@H](n3cnc4c(N(C)C)nc(N)nc43)[C@](C)(F)[C@@]12O. The molecule has 1 saturated heterocycles. The number of hydrogen-bond acceptors (Lipinski definition) is 12. The van der Waals surface area contributed by atoms with Crippen molar-refractivity contribution < 1.29 is 37.4 Å². The van der Waals surface area contributed by atoms with E-state index in [-0.39, 0.29) is 17.3 Å². The third kappa shape index (κ3) is 5.01. The van der Waals surface area contributed by atoms with E-state index in [0.29, 0.717) is 11.3 Å². The van der Waals surface area contributed by atoms with Gasteiger partial charge in [-0.25, -0.2) is 13.9 Å². The second kappa shape index (κ2) is 10.2. The number of benzene rings is 1. The molecule has 5 rings (SSSR count). The second-order valence-electron chi connectivity index (χ2n) is 10.7. The van der Waals surface area contributed by atoms with Crippen molar-refractivity contribution >= 4 is 36.6 Å². The minimum atomic E-state index is -4.40. The van der Waals surface area contributed by atoms with Crippen molar-refractivity contribution in [2.75, 3.05) is 24.7 Å². The van der Waals surface area contributed by atoms with E-state index in [1.54, 1.807) is 51.0 Å². The number of nitrogens with zero attached hydrogens (tertiary/aromatic N) is 5. The quantitative estimate of drug-likeness (QED) is 0.231. The number of nitrogen functional groups attached to an aromatic ring is 1. The molecule has 41 heavy (non-hydrogen) atoms. The highest BCUT2D eigenvalue weighted by Crippen LogP contribution is 2.66. The summed E-state index contributed by atoms with van der Waals surface area (Å²) >= 11 is 0. The Balaban J connectivity index is 1.41. The van der Waals surface area contributed by atoms with Gasteiger partial charge in [-0.1, -0.05) is 18.2 Å². The standard InChI is InChI=1S/C25H33FN7O7P/c1-13(2)37-21(34)14(3)31-41(36,39-15-10-8-7-9-11-15)40-18-17-25(18,35)24(4,26)22(38-17)33-12-28-16-19(32(5)6)29-23(27)30-20(16)33/h7-14,17-18,22,35H,1-6H3,(H,31,36)(H2,27,29,30)/t14-,17-,18?,22-,24+,25+,41-/m1/s1. The molecule has 2 aliphatic rings. The molecule has 222 valence electrons. The van der Waals surface area contributed by atoms with Crippen LogP contribution in [0.25, 0.3) is 11.2 Å². The zero-order valence-electron chi connectivity index (χ0n) is 23.4. The largest absolute Gasteiger partial charge is 0.462 e. The van der Waals surface area contributed by atoms with Gasteiger partial charge in [0.25, 0.3) is 0 Å². The van der Waals surface area contributed by atoms with Gasteiger partial charge in [-0.15, -0.1) is 0 Å². The fraction of sp³-hybridized carbons (Fsp3) is 0.520. The number of alkyl halides is 1. The number of aromatic nitrogens is 4. The number of nitrogens with one attached hydrogen (secondary N) is 1. The van der Waals surface area contributed by atoms with Gasteiger partial charge in [-0.2, -0.15) is 15.1 Å². The number of nitrogens with two attached hydrogens (primary N) is 1. The van der Waals surface area contributed by atoms with Gasteiger partial charge in [0, 0.05) is 14.1 Å². The Morgan fingerprint density at radius 3 is 2.54 bits per heavy atom. The van der Waals surface area contributed by atoms with Crippen LogP contribution in [0.1, 0.15) is 33.9 Å². The molecule has 2 fully saturated rings. The molecule has 1 aromatic carbocycles. The van der Waals surface area contributed by atoms with Crippen LogP contribution in [0, 0.1) is 0 Å². The third-order valence-electron chi connectivity index (χ3n) is 6.93. The van der Waals surface area contributed by atoms with Crippen LogP contribution in [0.15, 0.2) is 36.7 Å². The lowest BCUT2D eigenvalue weighted by Crippen LogP contribution is -2.45. The number of ether oxygens (including phenoxy) is 2. The topological polar surface area (TPSA) is 176 Å². The average Bonchev–Trinajstić information content (AvgIpc) is 3.14. The summed E-state index contributed by atoms with van der Waals surface area (Å²) in [5, 5.41) is 14.0. The monoisotopic (exact) mass is 593 g/mol. The third-order valence-corrected chi connectivity index (χ3v) is 8.59. The molecule has 1 saturated carbocycles. The van der Waals surface area contributed by atoms with E-state index in [1.807, 2.05) is 0 Å². The predicted octanol–water partition coefficient (Wildman–Crippen LogP) is 2.35. The molecule has 14 nitrogen and oxygen atoms in total. The molecule has 1 unspecified atom stereocenters. The second-order valence-corrected chi connectivity index (χ2v) is 12.3. The van der Waals surface area contributed by atoms with E-state index >= 15 is 4.39 Å².